The lowest BCUT2D eigenvalue weighted by molar-refractivity contribution is 1.19. The lowest BCUT2D eigenvalue weighted by Gasteiger charge is -2.04. The van der Waals surface area contributed by atoms with Crippen molar-refractivity contribution in [2.24, 2.45) is 0 Å². The van der Waals surface area contributed by atoms with E-state index in [0.29, 0.717) is 0 Å². The Bertz CT molecular complexity index is 437. The Morgan fingerprint density at radius 1 is 1.12 bits per heavy atom. The summed E-state index contributed by atoms with van der Waals surface area (Å²) in [6.07, 6.45) is 0. The van der Waals surface area contributed by atoms with Crippen molar-refractivity contribution in [2.45, 2.75) is 13.5 Å². The van der Waals surface area contributed by atoms with Crippen molar-refractivity contribution in [1.82, 2.24) is 0 Å². The first kappa shape index (κ1) is 13.4. The van der Waals surface area contributed by atoms with Crippen molar-refractivity contribution in [3.8, 4) is 0 Å². The molecular weight excluding hydrogens is 261 g/mol. The molecule has 0 spiro atoms. The van der Waals surface area contributed by atoms with Crippen LogP contribution in [0.3, 0.4) is 0 Å². The average Bonchev–Trinajstić information content (AvgIpc) is 2.64. The number of hydrogen-bond acceptors (Lipinski definition) is 2. The number of hydrogen-bond donors (Lipinski definition) is 1. The number of nitrogens with one attached hydrogen (secondary N) is 1. The van der Waals surface area contributed by atoms with Gasteiger partial charge in [0.15, 0.2) is 0 Å². The molecule has 4 heteroatoms. The molecule has 0 aliphatic heterocycles. The first-order valence-electron chi connectivity index (χ1n) is 4.79. The number of benzene rings is 1. The highest BCUT2D eigenvalue weighted by Crippen LogP contribution is 2.18. The van der Waals surface area contributed by atoms with E-state index in [2.05, 4.69) is 24.4 Å². The third-order valence-corrected chi connectivity index (χ3v) is 3.36. The van der Waals surface area contributed by atoms with Gasteiger partial charge in [-0.2, -0.15) is 0 Å². The van der Waals surface area contributed by atoms with E-state index in [-0.39, 0.29) is 12.4 Å². The molecule has 0 unspecified atom stereocenters. The third-order valence-electron chi connectivity index (χ3n) is 2.11. The molecule has 0 saturated carbocycles. The Labute approximate surface area is 111 Å². The van der Waals surface area contributed by atoms with Crippen LogP contribution in [0, 0.1) is 6.92 Å². The van der Waals surface area contributed by atoms with Crippen LogP contribution >= 0.6 is 35.3 Å². The van der Waals surface area contributed by atoms with Crippen molar-refractivity contribution in [2.75, 3.05) is 5.32 Å². The van der Waals surface area contributed by atoms with E-state index in [1.54, 1.807) is 0 Å². The van der Waals surface area contributed by atoms with Gasteiger partial charge in [-0.15, -0.1) is 23.7 Å². The maximum absolute atomic E-state index is 5.81. The summed E-state index contributed by atoms with van der Waals surface area (Å²) in [6.45, 7) is 3.00. The van der Waals surface area contributed by atoms with Gasteiger partial charge >= 0.3 is 0 Å². The van der Waals surface area contributed by atoms with Crippen molar-refractivity contribution in [3.63, 3.8) is 0 Å². The Kier molecular flexibility index (Phi) is 5.13. The molecule has 0 aliphatic carbocycles. The van der Waals surface area contributed by atoms with Gasteiger partial charge in [0.2, 0.25) is 0 Å². The highest BCUT2D eigenvalue weighted by molar-refractivity contribution is 7.11. The Morgan fingerprint density at radius 3 is 2.38 bits per heavy atom. The van der Waals surface area contributed by atoms with E-state index in [9.17, 15) is 0 Å². The minimum absolute atomic E-state index is 0. The van der Waals surface area contributed by atoms with Crippen molar-refractivity contribution < 1.29 is 0 Å². The van der Waals surface area contributed by atoms with Crippen LogP contribution in [-0.4, -0.2) is 0 Å². The number of anilines is 1. The fourth-order valence-corrected chi connectivity index (χ4v) is 2.29. The summed E-state index contributed by atoms with van der Waals surface area (Å²) in [7, 11) is 0. The van der Waals surface area contributed by atoms with Crippen molar-refractivity contribution in [1.29, 1.82) is 0 Å². The number of rotatable bonds is 3. The van der Waals surface area contributed by atoms with E-state index < -0.39 is 0 Å². The van der Waals surface area contributed by atoms with Crippen LogP contribution in [0.1, 0.15) is 9.75 Å². The van der Waals surface area contributed by atoms with Gasteiger partial charge < -0.3 is 5.32 Å². The van der Waals surface area contributed by atoms with E-state index in [1.807, 2.05) is 35.6 Å². The summed E-state index contributed by atoms with van der Waals surface area (Å²) in [6, 6.07) is 12.1. The van der Waals surface area contributed by atoms with Gasteiger partial charge in [0, 0.05) is 27.0 Å². The quantitative estimate of drug-likeness (QED) is 0.852. The van der Waals surface area contributed by atoms with E-state index in [0.717, 1.165) is 17.3 Å². The lowest BCUT2D eigenvalue weighted by atomic mass is 10.3. The fourth-order valence-electron chi connectivity index (χ4n) is 1.34. The molecule has 2 aromatic rings. The molecule has 1 nitrogen and oxygen atoms in total. The smallest absolute Gasteiger partial charge is 0.0494 e. The van der Waals surface area contributed by atoms with E-state index >= 15 is 0 Å². The molecular formula is C12H13Cl2NS. The van der Waals surface area contributed by atoms with Gasteiger partial charge in [-0.1, -0.05) is 11.6 Å². The highest BCUT2D eigenvalue weighted by atomic mass is 35.5. The number of halogens is 2. The predicted molar refractivity (Wildman–Crippen MR) is 75.1 cm³/mol. The largest absolute Gasteiger partial charge is 0.380 e. The van der Waals surface area contributed by atoms with Gasteiger partial charge in [-0.25, -0.2) is 0 Å². The molecule has 1 aromatic heterocycles. The SMILES string of the molecule is Cc1ccc(CNc2ccc(Cl)cc2)s1.Cl. The topological polar surface area (TPSA) is 12.0 Å². The maximum Gasteiger partial charge on any atom is 0.0494 e. The first-order valence-corrected chi connectivity index (χ1v) is 5.98. The molecule has 1 heterocycles. The molecule has 1 N–H and O–H groups in total. The molecule has 0 saturated heterocycles. The zero-order valence-electron chi connectivity index (χ0n) is 8.87. The van der Waals surface area contributed by atoms with Crippen LogP contribution in [0.5, 0.6) is 0 Å². The molecule has 0 amide bonds. The summed E-state index contributed by atoms with van der Waals surface area (Å²) in [5, 5.41) is 4.12. The Morgan fingerprint density at radius 2 is 1.81 bits per heavy atom. The average molecular weight is 274 g/mol. The fraction of sp³-hybridized carbons (Fsp3) is 0.167. The van der Waals surface area contributed by atoms with Crippen molar-refractivity contribution >= 4 is 41.0 Å². The minimum atomic E-state index is 0. The molecule has 1 aromatic carbocycles. The van der Waals surface area contributed by atoms with Gasteiger partial charge in [-0.05, 0) is 43.3 Å². The molecule has 16 heavy (non-hydrogen) atoms. The van der Waals surface area contributed by atoms with Crippen molar-refractivity contribution in [3.05, 3.63) is 51.2 Å². The van der Waals surface area contributed by atoms with Crippen LogP contribution < -0.4 is 5.32 Å². The molecule has 0 aliphatic rings. The molecule has 2 rings (SSSR count). The zero-order chi connectivity index (χ0) is 10.7. The van der Waals surface area contributed by atoms with Gasteiger partial charge in [-0.3, -0.25) is 0 Å². The number of aryl methyl sites for hydroxylation is 1. The molecule has 0 radical (unpaired) electrons. The molecule has 0 atom stereocenters. The summed E-state index contributed by atoms with van der Waals surface area (Å²) in [5.74, 6) is 0. The maximum atomic E-state index is 5.81. The number of thiophene rings is 1. The van der Waals surface area contributed by atoms with Crippen LogP contribution in [0.2, 0.25) is 5.02 Å². The lowest BCUT2D eigenvalue weighted by Crippen LogP contribution is -1.96. The van der Waals surface area contributed by atoms with Gasteiger partial charge in [0.25, 0.3) is 0 Å². The van der Waals surface area contributed by atoms with Gasteiger partial charge in [0.1, 0.15) is 0 Å². The van der Waals surface area contributed by atoms with E-state index in [4.69, 9.17) is 11.6 Å². The second-order valence-electron chi connectivity index (χ2n) is 3.37. The predicted octanol–water partition coefficient (Wildman–Crippen LogP) is 4.74. The van der Waals surface area contributed by atoms with Crippen LogP contribution in [0.4, 0.5) is 5.69 Å². The normalized spacial score (nSPS) is 9.62. The summed E-state index contributed by atoms with van der Waals surface area (Å²) in [4.78, 5) is 2.70. The minimum Gasteiger partial charge on any atom is -0.380 e. The van der Waals surface area contributed by atoms with Crippen LogP contribution in [0.25, 0.3) is 0 Å². The molecule has 0 bridgehead atoms. The second kappa shape index (κ2) is 6.14. The summed E-state index contributed by atoms with van der Waals surface area (Å²) >= 11 is 7.63. The molecule has 0 fully saturated rings. The third kappa shape index (κ3) is 3.71. The van der Waals surface area contributed by atoms with Crippen LogP contribution in [-0.2, 0) is 6.54 Å². The Balaban J connectivity index is 0.00000128. The van der Waals surface area contributed by atoms with E-state index in [1.165, 1.54) is 9.75 Å². The van der Waals surface area contributed by atoms with Gasteiger partial charge in [0.05, 0.1) is 0 Å². The zero-order valence-corrected chi connectivity index (χ0v) is 11.3. The standard InChI is InChI=1S/C12H12ClNS.ClH/c1-9-2-7-12(15-9)8-14-11-5-3-10(13)4-6-11;/h2-7,14H,8H2,1H3;1H. The summed E-state index contributed by atoms with van der Waals surface area (Å²) < 4.78 is 0. The first-order chi connectivity index (χ1) is 7.24. The summed E-state index contributed by atoms with van der Waals surface area (Å²) in [5.41, 5.74) is 1.10. The van der Waals surface area contributed by atoms with Crippen LogP contribution in [0.15, 0.2) is 36.4 Å². The Hall–Kier alpha value is -0.700. The second-order valence-corrected chi connectivity index (χ2v) is 5.18. The highest BCUT2D eigenvalue weighted by Gasteiger charge is 1.96. The molecule has 86 valence electrons. The monoisotopic (exact) mass is 273 g/mol.